The summed E-state index contributed by atoms with van der Waals surface area (Å²) >= 11 is 0. The molecule has 27 heavy (non-hydrogen) atoms. The van der Waals surface area contributed by atoms with Crippen molar-refractivity contribution >= 4 is 5.91 Å². The zero-order valence-electron chi connectivity index (χ0n) is 16.1. The first-order valence-electron chi connectivity index (χ1n) is 10.00. The number of amides is 1. The first kappa shape index (κ1) is 18.2. The summed E-state index contributed by atoms with van der Waals surface area (Å²) in [5.74, 6) is 1.34. The van der Waals surface area contributed by atoms with Gasteiger partial charge in [0.05, 0.1) is 35.8 Å². The van der Waals surface area contributed by atoms with Crippen LogP contribution in [0.5, 0.6) is 0 Å². The van der Waals surface area contributed by atoms with Crippen LogP contribution < -0.4 is 0 Å². The van der Waals surface area contributed by atoms with Crippen molar-refractivity contribution in [2.24, 2.45) is 5.92 Å². The molecule has 0 radical (unpaired) electrons. The Hall–Kier alpha value is -2.21. The Kier molecular flexibility index (Phi) is 5.25. The average Bonchev–Trinajstić information content (AvgIpc) is 3.37. The number of carbonyl (C=O) groups excluding carboxylic acids is 1. The number of carbonyl (C=O) groups is 1. The van der Waals surface area contributed by atoms with Gasteiger partial charge in [0.2, 0.25) is 5.91 Å². The molecule has 1 aliphatic heterocycles. The van der Waals surface area contributed by atoms with Gasteiger partial charge in [0.15, 0.2) is 0 Å². The molecule has 0 spiro atoms. The van der Waals surface area contributed by atoms with Crippen molar-refractivity contribution < 1.29 is 14.1 Å². The Morgan fingerprint density at radius 1 is 1.30 bits per heavy atom. The van der Waals surface area contributed by atoms with E-state index in [-0.39, 0.29) is 12.0 Å². The van der Waals surface area contributed by atoms with Crippen LogP contribution in [0.1, 0.15) is 55.9 Å². The van der Waals surface area contributed by atoms with E-state index in [0.29, 0.717) is 25.6 Å². The maximum Gasteiger partial charge on any atom is 0.225 e. The number of hydrogen-bond donors (Lipinski definition) is 0. The van der Waals surface area contributed by atoms with Gasteiger partial charge in [-0.05, 0) is 31.9 Å². The molecule has 3 heterocycles. The zero-order valence-corrected chi connectivity index (χ0v) is 16.1. The molecule has 1 aliphatic carbocycles. The molecule has 2 aromatic heterocycles. The van der Waals surface area contributed by atoms with E-state index in [2.05, 4.69) is 5.16 Å². The maximum atomic E-state index is 12.8. The highest BCUT2D eigenvalue weighted by Crippen LogP contribution is 2.31. The van der Waals surface area contributed by atoms with E-state index in [0.717, 1.165) is 47.7 Å². The second kappa shape index (κ2) is 7.80. The fourth-order valence-electron chi connectivity index (χ4n) is 4.22. The van der Waals surface area contributed by atoms with Crippen LogP contribution in [0.2, 0.25) is 0 Å². The van der Waals surface area contributed by atoms with Crippen LogP contribution in [0.15, 0.2) is 22.7 Å². The molecule has 2 aromatic rings. The molecule has 6 heteroatoms. The average molecular weight is 369 g/mol. The van der Waals surface area contributed by atoms with Gasteiger partial charge in [-0.15, -0.1) is 0 Å². The normalized spacial score (nSPS) is 21.0. The number of nitrogens with zero attached hydrogens (tertiary/aromatic N) is 3. The lowest BCUT2D eigenvalue weighted by molar-refractivity contribution is -0.143. The van der Waals surface area contributed by atoms with Gasteiger partial charge in [0.1, 0.15) is 11.9 Å². The van der Waals surface area contributed by atoms with Gasteiger partial charge < -0.3 is 14.2 Å². The number of ether oxygens (including phenoxy) is 1. The zero-order chi connectivity index (χ0) is 18.8. The Labute approximate surface area is 159 Å². The summed E-state index contributed by atoms with van der Waals surface area (Å²) in [6.45, 7) is 5.79. The molecule has 1 atom stereocenters. The fourth-order valence-corrected chi connectivity index (χ4v) is 4.22. The third-order valence-electron chi connectivity index (χ3n) is 5.69. The predicted molar refractivity (Wildman–Crippen MR) is 101 cm³/mol. The van der Waals surface area contributed by atoms with Gasteiger partial charge in [-0.3, -0.25) is 4.79 Å². The summed E-state index contributed by atoms with van der Waals surface area (Å²) in [5.41, 5.74) is 3.53. The van der Waals surface area contributed by atoms with Crippen molar-refractivity contribution in [2.75, 3.05) is 19.7 Å². The monoisotopic (exact) mass is 369 g/mol. The minimum Gasteiger partial charge on any atom is -0.368 e. The molecule has 1 saturated carbocycles. The summed E-state index contributed by atoms with van der Waals surface area (Å²) in [4.78, 5) is 19.6. The minimum absolute atomic E-state index is 0.186. The highest BCUT2D eigenvalue weighted by atomic mass is 16.5. The third-order valence-corrected chi connectivity index (χ3v) is 5.69. The topological polar surface area (TPSA) is 68.5 Å². The van der Waals surface area contributed by atoms with Gasteiger partial charge in [0.25, 0.3) is 0 Å². The largest absolute Gasteiger partial charge is 0.368 e. The molecule has 144 valence electrons. The summed E-state index contributed by atoms with van der Waals surface area (Å²) in [6, 6.07) is 5.95. The highest BCUT2D eigenvalue weighted by Gasteiger charge is 2.32. The third kappa shape index (κ3) is 3.63. The Morgan fingerprint density at radius 2 is 2.11 bits per heavy atom. The van der Waals surface area contributed by atoms with Crippen molar-refractivity contribution in [1.29, 1.82) is 0 Å². The molecule has 0 bridgehead atoms. The molecule has 2 fully saturated rings. The van der Waals surface area contributed by atoms with E-state index in [1.54, 1.807) is 0 Å². The van der Waals surface area contributed by atoms with Crippen LogP contribution in [0.25, 0.3) is 11.3 Å². The van der Waals surface area contributed by atoms with Crippen LogP contribution >= 0.6 is 0 Å². The van der Waals surface area contributed by atoms with E-state index >= 15 is 0 Å². The molecule has 0 unspecified atom stereocenters. The SMILES string of the molecule is CCc1onc(C)c1-c1cccc([C@H]2CN(C(=O)C3CCCC3)CCO2)n1. The number of pyridine rings is 1. The maximum absolute atomic E-state index is 12.8. The van der Waals surface area contributed by atoms with Crippen molar-refractivity contribution in [3.05, 3.63) is 35.3 Å². The highest BCUT2D eigenvalue weighted by molar-refractivity contribution is 5.79. The Bertz CT molecular complexity index is 811. The number of rotatable bonds is 4. The lowest BCUT2D eigenvalue weighted by Gasteiger charge is -2.34. The van der Waals surface area contributed by atoms with E-state index in [1.807, 2.05) is 36.9 Å². The lowest BCUT2D eigenvalue weighted by atomic mass is 10.0. The summed E-state index contributed by atoms with van der Waals surface area (Å²) in [6.07, 6.45) is 4.99. The molecule has 0 aromatic carbocycles. The second-order valence-electron chi connectivity index (χ2n) is 7.49. The van der Waals surface area contributed by atoms with Crippen LogP contribution in [0.3, 0.4) is 0 Å². The van der Waals surface area contributed by atoms with Crippen LogP contribution in [0.4, 0.5) is 0 Å². The van der Waals surface area contributed by atoms with Crippen molar-refractivity contribution in [3.8, 4) is 11.3 Å². The van der Waals surface area contributed by atoms with Crippen molar-refractivity contribution in [3.63, 3.8) is 0 Å². The van der Waals surface area contributed by atoms with Gasteiger partial charge >= 0.3 is 0 Å². The van der Waals surface area contributed by atoms with Crippen LogP contribution in [-0.4, -0.2) is 40.6 Å². The van der Waals surface area contributed by atoms with E-state index in [9.17, 15) is 4.79 Å². The summed E-state index contributed by atoms with van der Waals surface area (Å²) in [5, 5.41) is 4.09. The van der Waals surface area contributed by atoms with Crippen molar-refractivity contribution in [2.45, 2.75) is 52.1 Å². The molecule has 0 N–H and O–H groups in total. The second-order valence-corrected chi connectivity index (χ2v) is 7.49. The Balaban J connectivity index is 1.54. The molecule has 1 saturated heterocycles. The molecular formula is C21H27N3O3. The van der Waals surface area contributed by atoms with Crippen LogP contribution in [0, 0.1) is 12.8 Å². The first-order chi connectivity index (χ1) is 13.2. The smallest absolute Gasteiger partial charge is 0.225 e. The number of morpholine rings is 1. The fraction of sp³-hybridized carbons (Fsp3) is 0.571. The first-order valence-corrected chi connectivity index (χ1v) is 10.00. The van der Waals surface area contributed by atoms with Gasteiger partial charge in [-0.2, -0.15) is 0 Å². The van der Waals surface area contributed by atoms with Gasteiger partial charge in [-0.25, -0.2) is 4.98 Å². The summed E-state index contributed by atoms with van der Waals surface area (Å²) < 4.78 is 11.4. The predicted octanol–water partition coefficient (Wildman–Crippen LogP) is 3.70. The number of aryl methyl sites for hydroxylation is 2. The molecule has 1 amide bonds. The van der Waals surface area contributed by atoms with Crippen LogP contribution in [-0.2, 0) is 16.0 Å². The molecule has 6 nitrogen and oxygen atoms in total. The van der Waals surface area contributed by atoms with Gasteiger partial charge in [0, 0.05) is 18.9 Å². The Morgan fingerprint density at radius 3 is 2.89 bits per heavy atom. The number of hydrogen-bond acceptors (Lipinski definition) is 5. The molecular weight excluding hydrogens is 342 g/mol. The van der Waals surface area contributed by atoms with E-state index in [1.165, 1.54) is 12.8 Å². The van der Waals surface area contributed by atoms with E-state index in [4.69, 9.17) is 14.2 Å². The minimum atomic E-state index is -0.186. The quantitative estimate of drug-likeness (QED) is 0.822. The van der Waals surface area contributed by atoms with Gasteiger partial charge in [-0.1, -0.05) is 31.0 Å². The standard InChI is InChI=1S/C21H27N3O3/c1-3-18-20(14(2)23-27-18)17-10-6-9-16(22-17)19-13-24(11-12-26-19)21(25)15-7-4-5-8-15/h6,9-10,15,19H,3-5,7-8,11-13H2,1-2H3/t19-/m1/s1. The molecule has 2 aliphatic rings. The van der Waals surface area contributed by atoms with E-state index < -0.39 is 0 Å². The summed E-state index contributed by atoms with van der Waals surface area (Å²) in [7, 11) is 0. The molecule has 4 rings (SSSR count). The number of aromatic nitrogens is 2. The van der Waals surface area contributed by atoms with Crippen molar-refractivity contribution in [1.82, 2.24) is 15.0 Å². The lowest BCUT2D eigenvalue weighted by Crippen LogP contribution is -2.44.